The Kier molecular flexibility index (Phi) is 29.8. The normalized spacial score (nSPS) is 13.9. The number of nitrogens with one attached hydrogen (secondary N) is 1. The summed E-state index contributed by atoms with van der Waals surface area (Å²) in [5, 5.41) is 33.0. The maximum atomic E-state index is 12.4. The lowest BCUT2D eigenvalue weighted by Gasteiger charge is -2.23. The second-order valence-corrected chi connectivity index (χ2v) is 12.1. The Hall–Kier alpha value is -0.650. The standard InChI is InChI=1S/C34H69NO4/c1-3-5-7-9-11-13-15-16-17-19-21-23-25-27-29-33(38)34(39)35-31(30-36)32(37)28-26-24-22-20-18-14-12-10-8-6-4-2/h31-33,36-38H,3-30H2,1-2H3,(H,35,39). The molecular formula is C34H69NO4. The molecule has 5 heteroatoms. The molecule has 1 amide bonds. The van der Waals surface area contributed by atoms with Crippen LogP contribution in [0.2, 0.25) is 0 Å². The van der Waals surface area contributed by atoms with Gasteiger partial charge >= 0.3 is 0 Å². The Bertz CT molecular complexity index is 502. The quantitative estimate of drug-likeness (QED) is 0.0644. The molecule has 5 nitrogen and oxygen atoms in total. The van der Waals surface area contributed by atoms with Crippen LogP contribution in [0.3, 0.4) is 0 Å². The molecule has 234 valence electrons. The van der Waals surface area contributed by atoms with Gasteiger partial charge in [0.15, 0.2) is 0 Å². The largest absolute Gasteiger partial charge is 0.394 e. The molecule has 0 saturated heterocycles. The molecule has 0 fully saturated rings. The first kappa shape index (κ1) is 38.4. The number of hydrogen-bond acceptors (Lipinski definition) is 4. The predicted octanol–water partition coefficient (Wildman–Crippen LogP) is 8.76. The number of unbranched alkanes of at least 4 members (excludes halogenated alkanes) is 23. The highest BCUT2D eigenvalue weighted by molar-refractivity contribution is 5.80. The highest BCUT2D eigenvalue weighted by Crippen LogP contribution is 2.15. The highest BCUT2D eigenvalue weighted by Gasteiger charge is 2.23. The SMILES string of the molecule is CCCCCCCCCCCCCCCCC(O)C(=O)NC(CO)C(O)CCCCCCCCCCCCC. The van der Waals surface area contributed by atoms with Crippen LogP contribution in [0.5, 0.6) is 0 Å². The zero-order valence-corrected chi connectivity index (χ0v) is 26.3. The van der Waals surface area contributed by atoms with E-state index in [1.54, 1.807) is 0 Å². The summed E-state index contributed by atoms with van der Waals surface area (Å²) in [6.07, 6.45) is 30.8. The number of aliphatic hydroxyl groups excluding tert-OH is 3. The molecule has 0 aromatic carbocycles. The summed E-state index contributed by atoms with van der Waals surface area (Å²) in [5.74, 6) is -0.471. The van der Waals surface area contributed by atoms with Gasteiger partial charge in [-0.3, -0.25) is 4.79 Å². The lowest BCUT2D eigenvalue weighted by Crippen LogP contribution is -2.49. The van der Waals surface area contributed by atoms with Crippen molar-refractivity contribution in [3.63, 3.8) is 0 Å². The van der Waals surface area contributed by atoms with E-state index in [1.807, 2.05) is 0 Å². The molecule has 0 heterocycles. The number of hydrogen-bond donors (Lipinski definition) is 4. The number of aliphatic hydroxyl groups is 3. The van der Waals surface area contributed by atoms with Gasteiger partial charge in [-0.05, 0) is 12.8 Å². The number of carbonyl (C=O) groups excluding carboxylic acids is 1. The van der Waals surface area contributed by atoms with Crippen molar-refractivity contribution in [2.24, 2.45) is 0 Å². The third-order valence-electron chi connectivity index (χ3n) is 8.23. The van der Waals surface area contributed by atoms with Crippen molar-refractivity contribution < 1.29 is 20.1 Å². The van der Waals surface area contributed by atoms with Crippen LogP contribution in [0.25, 0.3) is 0 Å². The van der Waals surface area contributed by atoms with E-state index in [4.69, 9.17) is 0 Å². The van der Waals surface area contributed by atoms with E-state index in [0.717, 1.165) is 32.1 Å². The van der Waals surface area contributed by atoms with Crippen LogP contribution in [0.15, 0.2) is 0 Å². The van der Waals surface area contributed by atoms with E-state index >= 15 is 0 Å². The second-order valence-electron chi connectivity index (χ2n) is 12.1. The Balaban J connectivity index is 3.68. The van der Waals surface area contributed by atoms with Gasteiger partial charge in [0.1, 0.15) is 6.10 Å². The fourth-order valence-corrected chi connectivity index (χ4v) is 5.42. The van der Waals surface area contributed by atoms with E-state index < -0.39 is 24.2 Å². The summed E-state index contributed by atoms with van der Waals surface area (Å²) in [6.45, 7) is 4.20. The third kappa shape index (κ3) is 26.0. The summed E-state index contributed by atoms with van der Waals surface area (Å²) in [7, 11) is 0. The molecule has 0 rings (SSSR count). The van der Waals surface area contributed by atoms with Crippen LogP contribution in [-0.2, 0) is 4.79 Å². The minimum atomic E-state index is -1.06. The van der Waals surface area contributed by atoms with Crippen molar-refractivity contribution in [2.45, 2.75) is 205 Å². The fourth-order valence-electron chi connectivity index (χ4n) is 5.42. The van der Waals surface area contributed by atoms with E-state index in [9.17, 15) is 20.1 Å². The van der Waals surface area contributed by atoms with Gasteiger partial charge in [-0.1, -0.05) is 174 Å². The summed E-state index contributed by atoms with van der Waals surface area (Å²) in [4.78, 5) is 12.4. The first-order valence-corrected chi connectivity index (χ1v) is 17.3. The average Bonchev–Trinajstić information content (AvgIpc) is 2.94. The van der Waals surface area contributed by atoms with Gasteiger partial charge < -0.3 is 20.6 Å². The van der Waals surface area contributed by atoms with Crippen molar-refractivity contribution >= 4 is 5.91 Å². The third-order valence-corrected chi connectivity index (χ3v) is 8.23. The first-order valence-electron chi connectivity index (χ1n) is 17.3. The van der Waals surface area contributed by atoms with Crippen LogP contribution >= 0.6 is 0 Å². The van der Waals surface area contributed by atoms with Crippen LogP contribution in [-0.4, -0.2) is 46.1 Å². The van der Waals surface area contributed by atoms with E-state index in [1.165, 1.54) is 128 Å². The smallest absolute Gasteiger partial charge is 0.249 e. The molecule has 0 radical (unpaired) electrons. The molecule has 0 aromatic heterocycles. The predicted molar refractivity (Wildman–Crippen MR) is 167 cm³/mol. The summed E-state index contributed by atoms with van der Waals surface area (Å²) < 4.78 is 0. The van der Waals surface area contributed by atoms with Crippen LogP contribution in [0.4, 0.5) is 0 Å². The van der Waals surface area contributed by atoms with Crippen molar-refractivity contribution in [1.82, 2.24) is 5.32 Å². The summed E-state index contributed by atoms with van der Waals surface area (Å²) in [6, 6.07) is -0.702. The first-order chi connectivity index (χ1) is 19.1. The molecule has 39 heavy (non-hydrogen) atoms. The minimum Gasteiger partial charge on any atom is -0.394 e. The van der Waals surface area contributed by atoms with Crippen LogP contribution in [0.1, 0.15) is 187 Å². The van der Waals surface area contributed by atoms with Crippen molar-refractivity contribution in [2.75, 3.05) is 6.61 Å². The lowest BCUT2D eigenvalue weighted by atomic mass is 10.0. The molecule has 3 unspecified atom stereocenters. The molecule has 0 aliphatic carbocycles. The van der Waals surface area contributed by atoms with Gasteiger partial charge in [0.05, 0.1) is 18.8 Å². The maximum Gasteiger partial charge on any atom is 0.249 e. The van der Waals surface area contributed by atoms with Gasteiger partial charge in [-0.25, -0.2) is 0 Å². The Labute approximate surface area is 243 Å². The molecule has 0 spiro atoms. The van der Waals surface area contributed by atoms with Crippen molar-refractivity contribution in [3.05, 3.63) is 0 Å². The van der Waals surface area contributed by atoms with Gasteiger partial charge in [-0.2, -0.15) is 0 Å². The Morgan fingerprint density at radius 1 is 0.513 bits per heavy atom. The van der Waals surface area contributed by atoms with Gasteiger partial charge in [-0.15, -0.1) is 0 Å². The summed E-state index contributed by atoms with van der Waals surface area (Å²) >= 11 is 0. The molecule has 4 N–H and O–H groups in total. The van der Waals surface area contributed by atoms with Crippen LogP contribution in [0, 0.1) is 0 Å². The number of amides is 1. The Morgan fingerprint density at radius 3 is 1.15 bits per heavy atom. The second kappa shape index (κ2) is 30.3. The molecule has 3 atom stereocenters. The van der Waals surface area contributed by atoms with Crippen molar-refractivity contribution in [1.29, 1.82) is 0 Å². The molecular weight excluding hydrogens is 486 g/mol. The van der Waals surface area contributed by atoms with E-state index in [-0.39, 0.29) is 6.61 Å². The average molecular weight is 556 g/mol. The van der Waals surface area contributed by atoms with Crippen molar-refractivity contribution in [3.8, 4) is 0 Å². The highest BCUT2D eigenvalue weighted by atomic mass is 16.3. The summed E-state index contributed by atoms with van der Waals surface area (Å²) in [5.41, 5.74) is 0. The molecule has 0 aromatic rings. The van der Waals surface area contributed by atoms with E-state index in [0.29, 0.717) is 12.8 Å². The Morgan fingerprint density at radius 2 is 0.821 bits per heavy atom. The molecule has 0 saturated carbocycles. The zero-order chi connectivity index (χ0) is 28.8. The van der Waals surface area contributed by atoms with Crippen LogP contribution < -0.4 is 5.32 Å². The lowest BCUT2D eigenvalue weighted by molar-refractivity contribution is -0.131. The topological polar surface area (TPSA) is 89.8 Å². The maximum absolute atomic E-state index is 12.4. The monoisotopic (exact) mass is 556 g/mol. The minimum absolute atomic E-state index is 0.309. The molecule has 0 aliphatic rings. The fraction of sp³-hybridized carbons (Fsp3) is 0.971. The zero-order valence-electron chi connectivity index (χ0n) is 26.3. The molecule has 0 aliphatic heterocycles. The number of rotatable bonds is 31. The number of carbonyl (C=O) groups is 1. The van der Waals surface area contributed by atoms with Gasteiger partial charge in [0.2, 0.25) is 5.91 Å². The van der Waals surface area contributed by atoms with Gasteiger partial charge in [0, 0.05) is 0 Å². The molecule has 0 bridgehead atoms. The van der Waals surface area contributed by atoms with E-state index in [2.05, 4.69) is 19.2 Å². The van der Waals surface area contributed by atoms with Gasteiger partial charge in [0.25, 0.3) is 0 Å².